The number of nitrogens with one attached hydrogen (secondary N) is 1. The van der Waals surface area contributed by atoms with Gasteiger partial charge in [-0.3, -0.25) is 15.5 Å². The molecule has 6 nitrogen and oxygen atoms in total. The van der Waals surface area contributed by atoms with Gasteiger partial charge in [-0.15, -0.1) is 0 Å². The van der Waals surface area contributed by atoms with Crippen LogP contribution >= 0.6 is 15.9 Å². The number of nitro groups is 1. The molecule has 0 radical (unpaired) electrons. The summed E-state index contributed by atoms with van der Waals surface area (Å²) >= 11 is 3.24. The van der Waals surface area contributed by atoms with Crippen LogP contribution in [0.15, 0.2) is 22.7 Å². The molecule has 0 amide bonds. The lowest BCUT2D eigenvalue weighted by Crippen LogP contribution is -2.45. The quantitative estimate of drug-likeness (QED) is 0.676. The Labute approximate surface area is 113 Å². The van der Waals surface area contributed by atoms with Gasteiger partial charge in [0.2, 0.25) is 0 Å². The molecule has 1 N–H and O–H groups in total. The van der Waals surface area contributed by atoms with Crippen LogP contribution in [0.2, 0.25) is 0 Å². The number of hydrogen-bond acceptors (Lipinski definition) is 5. The summed E-state index contributed by atoms with van der Waals surface area (Å²) in [5.74, 6) is 0. The molecule has 0 spiro atoms. The van der Waals surface area contributed by atoms with Gasteiger partial charge in [0.25, 0.3) is 5.69 Å². The van der Waals surface area contributed by atoms with Crippen molar-refractivity contribution < 1.29 is 9.66 Å². The first-order valence-electron chi connectivity index (χ1n) is 5.66. The molecule has 1 saturated heterocycles. The Morgan fingerprint density at radius 1 is 1.44 bits per heavy atom. The van der Waals surface area contributed by atoms with E-state index in [-0.39, 0.29) is 10.6 Å². The normalized spacial score (nSPS) is 16.7. The second-order valence-corrected chi connectivity index (χ2v) is 4.88. The highest BCUT2D eigenvalue weighted by Gasteiger charge is 2.16. The van der Waals surface area contributed by atoms with Crippen molar-refractivity contribution >= 4 is 21.6 Å². The van der Waals surface area contributed by atoms with Gasteiger partial charge in [-0.05, 0) is 12.1 Å². The zero-order valence-corrected chi connectivity index (χ0v) is 11.4. The van der Waals surface area contributed by atoms with E-state index >= 15 is 0 Å². The molecule has 0 saturated carbocycles. The average molecular weight is 316 g/mol. The van der Waals surface area contributed by atoms with Crippen LogP contribution in [-0.2, 0) is 11.3 Å². The fraction of sp³-hybridized carbons (Fsp3) is 0.455. The Balaban J connectivity index is 2.01. The Morgan fingerprint density at radius 2 is 2.17 bits per heavy atom. The van der Waals surface area contributed by atoms with Crippen LogP contribution in [0.1, 0.15) is 5.56 Å². The highest BCUT2D eigenvalue weighted by molar-refractivity contribution is 9.10. The van der Waals surface area contributed by atoms with Crippen LogP contribution < -0.4 is 5.43 Å². The third-order valence-corrected chi connectivity index (χ3v) is 3.24. The third-order valence-electron chi connectivity index (χ3n) is 2.75. The maximum Gasteiger partial charge on any atom is 0.275 e. The lowest BCUT2D eigenvalue weighted by molar-refractivity contribution is -0.385. The minimum atomic E-state index is -0.360. The molecular formula is C11H14BrN3O3. The lowest BCUT2D eigenvalue weighted by atomic mass is 10.2. The largest absolute Gasteiger partial charge is 0.379 e. The van der Waals surface area contributed by atoms with Gasteiger partial charge in [0.05, 0.1) is 18.1 Å². The number of morpholine rings is 1. The van der Waals surface area contributed by atoms with Gasteiger partial charge in [-0.1, -0.05) is 15.9 Å². The van der Waals surface area contributed by atoms with Crippen LogP contribution in [0.25, 0.3) is 0 Å². The number of hydrazine groups is 1. The summed E-state index contributed by atoms with van der Waals surface area (Å²) in [6, 6.07) is 5.09. The number of hydrogen-bond donors (Lipinski definition) is 1. The maximum absolute atomic E-state index is 10.9. The number of ether oxygens (including phenoxy) is 1. The summed E-state index contributed by atoms with van der Waals surface area (Å²) in [7, 11) is 0. The van der Waals surface area contributed by atoms with Gasteiger partial charge in [0.1, 0.15) is 0 Å². The summed E-state index contributed by atoms with van der Waals surface area (Å²) in [4.78, 5) is 10.6. The van der Waals surface area contributed by atoms with Gasteiger partial charge >= 0.3 is 0 Å². The van der Waals surface area contributed by atoms with E-state index in [9.17, 15) is 10.1 Å². The highest BCUT2D eigenvalue weighted by Crippen LogP contribution is 2.23. The molecule has 0 atom stereocenters. The summed E-state index contributed by atoms with van der Waals surface area (Å²) in [5.41, 5.74) is 3.99. The van der Waals surface area contributed by atoms with Crippen LogP contribution in [0, 0.1) is 10.1 Å². The summed E-state index contributed by atoms with van der Waals surface area (Å²) in [5, 5.41) is 13.0. The Hall–Kier alpha value is -1.02. The van der Waals surface area contributed by atoms with E-state index < -0.39 is 0 Å². The van der Waals surface area contributed by atoms with E-state index in [1.165, 1.54) is 6.07 Å². The number of nitrogens with zero attached hydrogens (tertiary/aromatic N) is 2. The molecule has 1 fully saturated rings. The molecule has 0 aliphatic carbocycles. The SMILES string of the molecule is O=[N+]([O-])c1cc(Br)ccc1CNN1CCOCC1. The average Bonchev–Trinajstić information content (AvgIpc) is 2.38. The topological polar surface area (TPSA) is 67.6 Å². The number of nitro benzene ring substituents is 1. The van der Waals surface area contributed by atoms with Crippen molar-refractivity contribution in [3.63, 3.8) is 0 Å². The highest BCUT2D eigenvalue weighted by atomic mass is 79.9. The summed E-state index contributed by atoms with van der Waals surface area (Å²) < 4.78 is 5.95. The van der Waals surface area contributed by atoms with Crippen LogP contribution in [0.5, 0.6) is 0 Å². The molecule has 1 aromatic rings. The molecule has 1 aliphatic rings. The second-order valence-electron chi connectivity index (χ2n) is 3.96. The van der Waals surface area contributed by atoms with Crippen molar-refractivity contribution in [2.45, 2.75) is 6.54 Å². The van der Waals surface area contributed by atoms with E-state index in [2.05, 4.69) is 21.4 Å². The molecule has 18 heavy (non-hydrogen) atoms. The molecule has 2 rings (SSSR count). The fourth-order valence-electron chi connectivity index (χ4n) is 1.77. The van der Waals surface area contributed by atoms with Gasteiger partial charge in [0.15, 0.2) is 0 Å². The third kappa shape index (κ3) is 3.49. The van der Waals surface area contributed by atoms with E-state index in [0.29, 0.717) is 29.8 Å². The van der Waals surface area contributed by atoms with E-state index in [0.717, 1.165) is 13.1 Å². The number of rotatable bonds is 4. The summed E-state index contributed by atoms with van der Waals surface area (Å²) in [6.07, 6.45) is 0. The molecule has 0 aromatic heterocycles. The first-order valence-corrected chi connectivity index (χ1v) is 6.45. The smallest absolute Gasteiger partial charge is 0.275 e. The fourth-order valence-corrected chi connectivity index (χ4v) is 2.12. The molecule has 1 aliphatic heterocycles. The molecule has 0 unspecified atom stereocenters. The Kier molecular flexibility index (Phi) is 4.65. The van der Waals surface area contributed by atoms with Gasteiger partial charge in [-0.25, -0.2) is 5.01 Å². The molecule has 0 bridgehead atoms. The van der Waals surface area contributed by atoms with Crippen LogP contribution in [0.3, 0.4) is 0 Å². The Bertz CT molecular complexity index is 436. The van der Waals surface area contributed by atoms with Crippen molar-refractivity contribution in [2.75, 3.05) is 26.3 Å². The van der Waals surface area contributed by atoms with Crippen LogP contribution in [-0.4, -0.2) is 36.2 Å². The minimum Gasteiger partial charge on any atom is -0.379 e. The molecule has 98 valence electrons. The number of benzene rings is 1. The molecule has 7 heteroatoms. The molecule has 1 heterocycles. The molecular weight excluding hydrogens is 302 g/mol. The predicted octanol–water partition coefficient (Wildman–Crippen LogP) is 1.69. The van der Waals surface area contributed by atoms with E-state index in [1.807, 2.05) is 11.1 Å². The van der Waals surface area contributed by atoms with Gasteiger partial charge in [0, 0.05) is 35.7 Å². The summed E-state index contributed by atoms with van der Waals surface area (Å²) in [6.45, 7) is 3.42. The minimum absolute atomic E-state index is 0.130. The van der Waals surface area contributed by atoms with Gasteiger partial charge < -0.3 is 4.74 Å². The zero-order valence-electron chi connectivity index (χ0n) is 9.76. The monoisotopic (exact) mass is 315 g/mol. The maximum atomic E-state index is 10.9. The van der Waals surface area contributed by atoms with Crippen molar-refractivity contribution in [1.29, 1.82) is 0 Å². The van der Waals surface area contributed by atoms with Crippen molar-refractivity contribution in [2.24, 2.45) is 0 Å². The second kappa shape index (κ2) is 6.24. The Morgan fingerprint density at radius 3 is 2.83 bits per heavy atom. The van der Waals surface area contributed by atoms with Crippen molar-refractivity contribution in [1.82, 2.24) is 10.4 Å². The molecule has 1 aromatic carbocycles. The lowest BCUT2D eigenvalue weighted by Gasteiger charge is -2.27. The first kappa shape index (κ1) is 13.4. The standard InChI is InChI=1S/C11H14BrN3O3/c12-10-2-1-9(11(7-10)15(16)17)8-13-14-3-5-18-6-4-14/h1-2,7,13H,3-6,8H2. The zero-order chi connectivity index (χ0) is 13.0. The van der Waals surface area contributed by atoms with Gasteiger partial charge in [-0.2, -0.15) is 0 Å². The van der Waals surface area contributed by atoms with E-state index in [4.69, 9.17) is 4.74 Å². The van der Waals surface area contributed by atoms with E-state index in [1.54, 1.807) is 6.07 Å². The number of halogens is 1. The van der Waals surface area contributed by atoms with Crippen LogP contribution in [0.4, 0.5) is 5.69 Å². The predicted molar refractivity (Wildman–Crippen MR) is 70.0 cm³/mol. The first-order chi connectivity index (χ1) is 8.66. The van der Waals surface area contributed by atoms with Crippen molar-refractivity contribution in [3.05, 3.63) is 38.3 Å². The van der Waals surface area contributed by atoms with Crippen molar-refractivity contribution in [3.8, 4) is 0 Å².